The Labute approximate surface area is 89.2 Å². The van der Waals surface area contributed by atoms with Gasteiger partial charge < -0.3 is 10.5 Å². The quantitative estimate of drug-likeness (QED) is 0.516. The zero-order valence-corrected chi connectivity index (χ0v) is 9.42. The molecule has 2 fully saturated rings. The van der Waals surface area contributed by atoms with Crippen LogP contribution in [0.15, 0.2) is 0 Å². The van der Waals surface area contributed by atoms with Gasteiger partial charge in [0, 0.05) is 5.41 Å². The zero-order valence-electron chi connectivity index (χ0n) is 9.42. The van der Waals surface area contributed by atoms with Crippen molar-refractivity contribution < 1.29 is 14.3 Å². The molecule has 4 heteroatoms. The van der Waals surface area contributed by atoms with Crippen molar-refractivity contribution in [2.24, 2.45) is 22.0 Å². The maximum absolute atomic E-state index is 11.9. The standard InChI is InChI=1S/C11H17NO3/c1-9(2)10(3)4-5-11(9,7(12)13)8(14)15-6-10/h4-6H2,1-3H3,(H2,12,13)/t10-,11-/m0/s1. The molecule has 1 saturated heterocycles. The molecule has 0 unspecified atom stereocenters. The van der Waals surface area contributed by atoms with Gasteiger partial charge in [-0.3, -0.25) is 9.59 Å². The van der Waals surface area contributed by atoms with Crippen LogP contribution in [0.3, 0.4) is 0 Å². The Bertz CT molecular complexity index is 350. The van der Waals surface area contributed by atoms with Gasteiger partial charge >= 0.3 is 5.97 Å². The molecule has 0 aromatic heterocycles. The Morgan fingerprint density at radius 1 is 1.33 bits per heavy atom. The third kappa shape index (κ3) is 0.880. The van der Waals surface area contributed by atoms with E-state index in [1.165, 1.54) is 0 Å². The van der Waals surface area contributed by atoms with E-state index in [-0.39, 0.29) is 5.41 Å². The largest absolute Gasteiger partial charge is 0.464 e. The highest BCUT2D eigenvalue weighted by atomic mass is 16.5. The van der Waals surface area contributed by atoms with Crippen LogP contribution in [0.2, 0.25) is 0 Å². The van der Waals surface area contributed by atoms with Gasteiger partial charge in [-0.05, 0) is 18.3 Å². The van der Waals surface area contributed by atoms with Crippen LogP contribution in [0.5, 0.6) is 0 Å². The summed E-state index contributed by atoms with van der Waals surface area (Å²) in [4.78, 5) is 23.5. The van der Waals surface area contributed by atoms with Gasteiger partial charge in [0.2, 0.25) is 5.91 Å². The predicted octanol–water partition coefficient (Wildman–Crippen LogP) is 0.841. The highest BCUT2D eigenvalue weighted by Gasteiger charge is 2.71. The highest BCUT2D eigenvalue weighted by Crippen LogP contribution is 2.65. The molecule has 1 aliphatic carbocycles. The average molecular weight is 211 g/mol. The number of nitrogens with two attached hydrogens (primary N) is 1. The maximum atomic E-state index is 11.9. The molecule has 0 aromatic carbocycles. The van der Waals surface area contributed by atoms with E-state index in [1.807, 2.05) is 13.8 Å². The van der Waals surface area contributed by atoms with Crippen molar-refractivity contribution >= 4 is 11.9 Å². The third-order valence-corrected chi connectivity index (χ3v) is 4.92. The van der Waals surface area contributed by atoms with Crippen LogP contribution in [0.4, 0.5) is 0 Å². The first-order chi connectivity index (χ1) is 6.78. The number of carbonyl (C=O) groups excluding carboxylic acids is 2. The van der Waals surface area contributed by atoms with E-state index in [0.29, 0.717) is 13.0 Å². The van der Waals surface area contributed by atoms with Gasteiger partial charge in [0.25, 0.3) is 0 Å². The first-order valence-electron chi connectivity index (χ1n) is 5.25. The lowest BCUT2D eigenvalue weighted by Gasteiger charge is -2.49. The molecule has 2 rings (SSSR count). The molecule has 84 valence electrons. The topological polar surface area (TPSA) is 69.4 Å². The van der Waals surface area contributed by atoms with E-state index < -0.39 is 22.7 Å². The minimum atomic E-state index is -1.11. The SMILES string of the molecule is CC1(C)[C@@]2(C)CC[C@]1(C(N)=O)C(=O)OC2. The molecule has 1 amide bonds. The molecule has 0 spiro atoms. The monoisotopic (exact) mass is 211 g/mol. The number of amides is 1. The second-order valence-electron chi connectivity index (χ2n) is 5.53. The number of hydrogen-bond donors (Lipinski definition) is 1. The second-order valence-corrected chi connectivity index (χ2v) is 5.53. The summed E-state index contributed by atoms with van der Waals surface area (Å²) in [5.74, 6) is -0.976. The summed E-state index contributed by atoms with van der Waals surface area (Å²) in [5.41, 5.74) is 3.77. The highest BCUT2D eigenvalue weighted by molar-refractivity contribution is 6.04. The Hall–Kier alpha value is -1.06. The molecule has 4 nitrogen and oxygen atoms in total. The number of primary amides is 1. The van der Waals surface area contributed by atoms with Crippen molar-refractivity contribution in [3.05, 3.63) is 0 Å². The summed E-state index contributed by atoms with van der Waals surface area (Å²) >= 11 is 0. The average Bonchev–Trinajstić information content (AvgIpc) is 2.27. The number of esters is 1. The Morgan fingerprint density at radius 3 is 2.40 bits per heavy atom. The fraction of sp³-hybridized carbons (Fsp3) is 0.818. The van der Waals surface area contributed by atoms with E-state index in [9.17, 15) is 9.59 Å². The fourth-order valence-corrected chi connectivity index (χ4v) is 3.09. The first kappa shape index (κ1) is 10.5. The lowest BCUT2D eigenvalue weighted by atomic mass is 9.57. The number of hydrogen-bond acceptors (Lipinski definition) is 3. The smallest absolute Gasteiger partial charge is 0.322 e. The van der Waals surface area contributed by atoms with Crippen molar-refractivity contribution in [1.29, 1.82) is 0 Å². The summed E-state index contributed by atoms with van der Waals surface area (Å²) in [6.45, 7) is 6.36. The summed E-state index contributed by atoms with van der Waals surface area (Å²) in [7, 11) is 0. The van der Waals surface area contributed by atoms with Gasteiger partial charge in [-0.15, -0.1) is 0 Å². The number of ether oxygens (including phenoxy) is 1. The first-order valence-corrected chi connectivity index (χ1v) is 5.25. The Kier molecular flexibility index (Phi) is 1.77. The Balaban J connectivity index is 2.61. The van der Waals surface area contributed by atoms with E-state index in [0.717, 1.165) is 6.42 Å². The Morgan fingerprint density at radius 2 is 1.93 bits per heavy atom. The van der Waals surface area contributed by atoms with Gasteiger partial charge in [0.1, 0.15) is 0 Å². The van der Waals surface area contributed by atoms with Gasteiger partial charge in [-0.25, -0.2) is 0 Å². The molecule has 0 aromatic rings. The van der Waals surface area contributed by atoms with Crippen LogP contribution in [0.25, 0.3) is 0 Å². The molecular formula is C11H17NO3. The summed E-state index contributed by atoms with van der Waals surface area (Å²) in [6.07, 6.45) is 1.33. The molecule has 0 radical (unpaired) electrons. The number of rotatable bonds is 1. The van der Waals surface area contributed by atoms with Crippen LogP contribution in [0, 0.1) is 16.2 Å². The number of carbonyl (C=O) groups is 2. The van der Waals surface area contributed by atoms with Gasteiger partial charge in [0.15, 0.2) is 5.41 Å². The third-order valence-electron chi connectivity index (χ3n) is 4.92. The van der Waals surface area contributed by atoms with Crippen molar-refractivity contribution in [2.75, 3.05) is 6.61 Å². The van der Waals surface area contributed by atoms with Crippen molar-refractivity contribution in [3.8, 4) is 0 Å². The molecule has 2 N–H and O–H groups in total. The number of cyclic esters (lactones) is 1. The van der Waals surface area contributed by atoms with Gasteiger partial charge in [-0.1, -0.05) is 20.8 Å². The minimum Gasteiger partial charge on any atom is -0.464 e. The summed E-state index contributed by atoms with van der Waals surface area (Å²) in [5, 5.41) is 0. The molecule has 1 aliphatic heterocycles. The van der Waals surface area contributed by atoms with E-state index >= 15 is 0 Å². The molecule has 1 heterocycles. The molecule has 2 atom stereocenters. The molecule has 1 saturated carbocycles. The minimum absolute atomic E-state index is 0.129. The molecule has 15 heavy (non-hydrogen) atoms. The summed E-state index contributed by atoms with van der Waals surface area (Å²) < 4.78 is 5.13. The normalized spacial score (nSPS) is 42.5. The maximum Gasteiger partial charge on any atom is 0.322 e. The van der Waals surface area contributed by atoms with Crippen LogP contribution >= 0.6 is 0 Å². The van der Waals surface area contributed by atoms with Crippen LogP contribution in [0.1, 0.15) is 33.6 Å². The van der Waals surface area contributed by atoms with Crippen molar-refractivity contribution in [2.45, 2.75) is 33.6 Å². The van der Waals surface area contributed by atoms with Gasteiger partial charge in [-0.2, -0.15) is 0 Å². The predicted molar refractivity (Wildman–Crippen MR) is 53.7 cm³/mol. The molecule has 2 bridgehead atoms. The molecule has 2 aliphatic rings. The lowest BCUT2D eigenvalue weighted by Crippen LogP contribution is -2.59. The van der Waals surface area contributed by atoms with Crippen LogP contribution in [-0.2, 0) is 14.3 Å². The number of fused-ring (bicyclic) bond motifs is 2. The second kappa shape index (κ2) is 2.54. The van der Waals surface area contributed by atoms with Crippen molar-refractivity contribution in [3.63, 3.8) is 0 Å². The fourth-order valence-electron chi connectivity index (χ4n) is 3.09. The van der Waals surface area contributed by atoms with E-state index in [4.69, 9.17) is 10.5 Å². The van der Waals surface area contributed by atoms with Gasteiger partial charge in [0.05, 0.1) is 6.61 Å². The summed E-state index contributed by atoms with van der Waals surface area (Å²) in [6, 6.07) is 0. The van der Waals surface area contributed by atoms with E-state index in [1.54, 1.807) is 0 Å². The van der Waals surface area contributed by atoms with Crippen LogP contribution in [-0.4, -0.2) is 18.5 Å². The molecular weight excluding hydrogens is 194 g/mol. The lowest BCUT2D eigenvalue weighted by molar-refractivity contribution is -0.188. The van der Waals surface area contributed by atoms with Crippen molar-refractivity contribution in [1.82, 2.24) is 0 Å². The van der Waals surface area contributed by atoms with E-state index in [2.05, 4.69) is 6.92 Å². The zero-order chi connectivity index (χ0) is 11.5. The van der Waals surface area contributed by atoms with Crippen LogP contribution < -0.4 is 5.73 Å².